The fraction of sp³-hybridized carbons (Fsp3) is 0.192. The summed E-state index contributed by atoms with van der Waals surface area (Å²) in [6.07, 6.45) is -0.0611. The van der Waals surface area contributed by atoms with Crippen LogP contribution in [0.25, 0.3) is 0 Å². The van der Waals surface area contributed by atoms with Crippen LogP contribution in [0, 0.1) is 0 Å². The topological polar surface area (TPSA) is 99.8 Å². The molecule has 3 aromatic rings. The van der Waals surface area contributed by atoms with Gasteiger partial charge in [-0.15, -0.1) is 0 Å². The van der Waals surface area contributed by atoms with E-state index in [1.165, 1.54) is 13.1 Å². The van der Waals surface area contributed by atoms with Gasteiger partial charge < -0.3 is 15.4 Å². The Labute approximate surface area is 209 Å². The highest BCUT2D eigenvalue weighted by Crippen LogP contribution is 2.26. The number of carbonyl (C=O) groups is 3. The minimum Gasteiger partial charge on any atom is -0.489 e. The number of ether oxygens (including phenoxy) is 1. The average Bonchev–Trinajstić information content (AvgIpc) is 2.85. The van der Waals surface area contributed by atoms with Crippen molar-refractivity contribution < 1.29 is 19.1 Å². The van der Waals surface area contributed by atoms with Crippen molar-refractivity contribution >= 4 is 35.1 Å². The van der Waals surface area contributed by atoms with Crippen molar-refractivity contribution in [3.63, 3.8) is 0 Å². The lowest BCUT2D eigenvalue weighted by Gasteiger charge is -2.23. The van der Waals surface area contributed by atoms with Gasteiger partial charge in [-0.25, -0.2) is 9.80 Å². The highest BCUT2D eigenvalue weighted by atomic mass is 35.5. The zero-order valence-corrected chi connectivity index (χ0v) is 20.4. The lowest BCUT2D eigenvalue weighted by Crippen LogP contribution is -2.49. The average molecular weight is 495 g/mol. The molecule has 3 rings (SSSR count). The van der Waals surface area contributed by atoms with E-state index in [9.17, 15) is 14.4 Å². The van der Waals surface area contributed by atoms with Crippen LogP contribution in [0.15, 0.2) is 72.8 Å². The summed E-state index contributed by atoms with van der Waals surface area (Å²) in [6, 6.07) is 20.0. The van der Waals surface area contributed by atoms with Crippen molar-refractivity contribution in [2.45, 2.75) is 26.5 Å². The minimum absolute atomic E-state index is 0.0611. The number of amides is 4. The molecule has 0 aliphatic rings. The fourth-order valence-corrected chi connectivity index (χ4v) is 3.37. The molecule has 9 heteroatoms. The molecular weight excluding hydrogens is 468 g/mol. The highest BCUT2D eigenvalue weighted by molar-refractivity contribution is 6.32. The summed E-state index contributed by atoms with van der Waals surface area (Å²) in [4.78, 5) is 37.5. The van der Waals surface area contributed by atoms with Crippen LogP contribution in [0.5, 0.6) is 5.75 Å². The van der Waals surface area contributed by atoms with Gasteiger partial charge in [-0.2, -0.15) is 0 Å². The van der Waals surface area contributed by atoms with E-state index >= 15 is 0 Å². The third-order valence-electron chi connectivity index (χ3n) is 4.84. The van der Waals surface area contributed by atoms with Gasteiger partial charge in [-0.3, -0.25) is 15.0 Å². The zero-order valence-electron chi connectivity index (χ0n) is 19.7. The Bertz CT molecular complexity index is 1180. The van der Waals surface area contributed by atoms with Gasteiger partial charge in [-0.05, 0) is 61.9 Å². The van der Waals surface area contributed by atoms with Crippen molar-refractivity contribution in [3.05, 3.63) is 94.5 Å². The van der Waals surface area contributed by atoms with Crippen LogP contribution in [0.3, 0.4) is 0 Å². The first-order chi connectivity index (χ1) is 16.8. The Morgan fingerprint density at radius 2 is 1.60 bits per heavy atom. The molecule has 0 aromatic heterocycles. The Balaban J connectivity index is 1.67. The standard InChI is InChI=1S/C26H27ClN4O4/c1-17(2)35-23-14-11-20(15-22(23)27)25(33)30-31(26(34)28-3)16-18-9-12-21(13-10-18)29-24(32)19-7-5-4-6-8-19/h4-15,17H,16H2,1-3H3,(H,28,34)(H,29,32)(H,30,33). The molecule has 3 N–H and O–H groups in total. The number of hydrogen-bond acceptors (Lipinski definition) is 4. The van der Waals surface area contributed by atoms with Crippen molar-refractivity contribution in [1.29, 1.82) is 0 Å². The molecule has 0 radical (unpaired) electrons. The van der Waals surface area contributed by atoms with Crippen LogP contribution in [-0.4, -0.2) is 36.0 Å². The normalized spacial score (nSPS) is 10.4. The molecule has 0 spiro atoms. The monoisotopic (exact) mass is 494 g/mol. The van der Waals surface area contributed by atoms with Gasteiger partial charge in [-0.1, -0.05) is 41.9 Å². The SMILES string of the molecule is CNC(=O)N(Cc1ccc(NC(=O)c2ccccc2)cc1)NC(=O)c1ccc(OC(C)C)c(Cl)c1. The second kappa shape index (κ2) is 11.9. The largest absolute Gasteiger partial charge is 0.489 e. The van der Waals surface area contributed by atoms with Crippen LogP contribution < -0.4 is 20.8 Å². The third kappa shape index (κ3) is 7.22. The van der Waals surface area contributed by atoms with Crippen molar-refractivity contribution in [2.75, 3.05) is 12.4 Å². The lowest BCUT2D eigenvalue weighted by molar-refractivity contribution is 0.0818. The van der Waals surface area contributed by atoms with Crippen molar-refractivity contribution in [3.8, 4) is 5.75 Å². The van der Waals surface area contributed by atoms with E-state index in [0.717, 1.165) is 10.6 Å². The number of hydrogen-bond donors (Lipinski definition) is 3. The molecule has 4 amide bonds. The molecule has 3 aromatic carbocycles. The summed E-state index contributed by atoms with van der Waals surface area (Å²) in [5.74, 6) is -0.250. The van der Waals surface area contributed by atoms with E-state index in [-0.39, 0.29) is 24.1 Å². The summed E-state index contributed by atoms with van der Waals surface area (Å²) < 4.78 is 5.59. The highest BCUT2D eigenvalue weighted by Gasteiger charge is 2.18. The molecule has 0 saturated carbocycles. The molecule has 0 heterocycles. The molecule has 0 atom stereocenters. The fourth-order valence-electron chi connectivity index (χ4n) is 3.14. The number of carbonyl (C=O) groups excluding carboxylic acids is 3. The maximum atomic E-state index is 12.8. The van der Waals surface area contributed by atoms with E-state index in [1.807, 2.05) is 19.9 Å². The van der Waals surface area contributed by atoms with Gasteiger partial charge in [0.05, 0.1) is 17.7 Å². The maximum absolute atomic E-state index is 12.8. The molecule has 35 heavy (non-hydrogen) atoms. The van der Waals surface area contributed by atoms with Gasteiger partial charge in [0, 0.05) is 23.9 Å². The minimum atomic E-state index is -0.502. The molecule has 0 saturated heterocycles. The maximum Gasteiger partial charge on any atom is 0.336 e. The van der Waals surface area contributed by atoms with Crippen molar-refractivity contribution in [2.24, 2.45) is 0 Å². The van der Waals surface area contributed by atoms with E-state index in [0.29, 0.717) is 22.0 Å². The van der Waals surface area contributed by atoms with Crippen LogP contribution >= 0.6 is 11.6 Å². The van der Waals surface area contributed by atoms with E-state index in [4.69, 9.17) is 16.3 Å². The number of nitrogens with zero attached hydrogens (tertiary/aromatic N) is 1. The van der Waals surface area contributed by atoms with Gasteiger partial charge >= 0.3 is 6.03 Å². The second-order valence-corrected chi connectivity index (χ2v) is 8.32. The predicted octanol–water partition coefficient (Wildman–Crippen LogP) is 4.87. The number of hydrazine groups is 1. The molecule has 0 aliphatic carbocycles. The summed E-state index contributed by atoms with van der Waals surface area (Å²) in [7, 11) is 1.47. The van der Waals surface area contributed by atoms with Crippen molar-refractivity contribution in [1.82, 2.24) is 15.8 Å². The molecule has 8 nitrogen and oxygen atoms in total. The van der Waals surface area contributed by atoms with Gasteiger partial charge in [0.25, 0.3) is 11.8 Å². The number of halogens is 1. The molecule has 0 bridgehead atoms. The summed E-state index contributed by atoms with van der Waals surface area (Å²) in [5.41, 5.74) is 4.78. The Hall–Kier alpha value is -4.04. The Kier molecular flexibility index (Phi) is 8.69. The molecule has 0 unspecified atom stereocenters. The quantitative estimate of drug-likeness (QED) is 0.408. The third-order valence-corrected chi connectivity index (χ3v) is 5.14. The molecule has 182 valence electrons. The number of benzene rings is 3. The number of rotatable bonds is 7. The number of anilines is 1. The van der Waals surface area contributed by atoms with Crippen LogP contribution in [0.2, 0.25) is 5.02 Å². The Morgan fingerprint density at radius 3 is 2.20 bits per heavy atom. The first-order valence-electron chi connectivity index (χ1n) is 11.0. The molecule has 0 aliphatic heterocycles. The molecule has 0 fully saturated rings. The predicted molar refractivity (Wildman–Crippen MR) is 136 cm³/mol. The first-order valence-corrected chi connectivity index (χ1v) is 11.4. The van der Waals surface area contributed by atoms with Crippen LogP contribution in [0.4, 0.5) is 10.5 Å². The zero-order chi connectivity index (χ0) is 25.4. The van der Waals surface area contributed by atoms with Crippen LogP contribution in [0.1, 0.15) is 40.1 Å². The van der Waals surface area contributed by atoms with Gasteiger partial charge in [0.1, 0.15) is 5.75 Å². The summed E-state index contributed by atoms with van der Waals surface area (Å²) >= 11 is 6.24. The molecular formula is C26H27ClN4O4. The second-order valence-electron chi connectivity index (χ2n) is 7.91. The lowest BCUT2D eigenvalue weighted by atomic mass is 10.1. The number of urea groups is 1. The van der Waals surface area contributed by atoms with Crippen LogP contribution in [-0.2, 0) is 6.54 Å². The summed E-state index contributed by atoms with van der Waals surface area (Å²) in [5, 5.41) is 6.79. The van der Waals surface area contributed by atoms with E-state index in [2.05, 4.69) is 16.1 Å². The number of nitrogens with one attached hydrogen (secondary N) is 3. The first kappa shape index (κ1) is 25.6. The van der Waals surface area contributed by atoms with Gasteiger partial charge in [0.15, 0.2) is 0 Å². The van der Waals surface area contributed by atoms with Gasteiger partial charge in [0.2, 0.25) is 0 Å². The van der Waals surface area contributed by atoms with E-state index < -0.39 is 11.9 Å². The summed E-state index contributed by atoms with van der Waals surface area (Å²) in [6.45, 7) is 3.85. The smallest absolute Gasteiger partial charge is 0.336 e. The Morgan fingerprint density at radius 1 is 0.914 bits per heavy atom. The van der Waals surface area contributed by atoms with E-state index in [1.54, 1.807) is 60.7 Å².